The molecule has 5 heteroatoms. The van der Waals surface area contributed by atoms with E-state index < -0.39 is 6.10 Å². The van der Waals surface area contributed by atoms with Crippen LogP contribution in [0.25, 0.3) is 0 Å². The number of nitrogens with zero attached hydrogens (tertiary/aromatic N) is 1. The Balaban J connectivity index is 1.94. The molecule has 110 valence electrons. The average molecular weight is 287 g/mol. The van der Waals surface area contributed by atoms with Crippen molar-refractivity contribution in [3.05, 3.63) is 47.8 Å². The van der Waals surface area contributed by atoms with Crippen LogP contribution in [0.15, 0.2) is 36.7 Å². The Hall–Kier alpha value is -2.27. The first kappa shape index (κ1) is 13.7. The molecular weight excluding hydrogens is 270 g/mol. The number of pyridine rings is 1. The number of aliphatic hydroxyl groups is 1. The summed E-state index contributed by atoms with van der Waals surface area (Å²) in [6, 6.07) is 7.21. The van der Waals surface area contributed by atoms with Gasteiger partial charge in [0.05, 0.1) is 26.5 Å². The third-order valence-electron chi connectivity index (χ3n) is 3.42. The Morgan fingerprint density at radius 3 is 2.81 bits per heavy atom. The molecule has 0 aliphatic carbocycles. The van der Waals surface area contributed by atoms with Crippen LogP contribution in [-0.2, 0) is 0 Å². The van der Waals surface area contributed by atoms with Crippen molar-refractivity contribution < 1.29 is 19.3 Å². The van der Waals surface area contributed by atoms with Crippen LogP contribution in [0.4, 0.5) is 0 Å². The van der Waals surface area contributed by atoms with Crippen LogP contribution >= 0.6 is 0 Å². The summed E-state index contributed by atoms with van der Waals surface area (Å²) in [6.07, 6.45) is 3.26. The van der Waals surface area contributed by atoms with Crippen molar-refractivity contribution in [3.63, 3.8) is 0 Å². The lowest BCUT2D eigenvalue weighted by Crippen LogP contribution is -2.03. The molecule has 3 rings (SSSR count). The first-order valence-corrected chi connectivity index (χ1v) is 6.85. The van der Waals surface area contributed by atoms with Crippen LogP contribution in [0, 0.1) is 0 Å². The summed E-state index contributed by atoms with van der Waals surface area (Å²) in [5.74, 6) is 1.93. The highest BCUT2D eigenvalue weighted by Crippen LogP contribution is 2.35. The molecular formula is C16H17NO4. The molecule has 0 fully saturated rings. The van der Waals surface area contributed by atoms with Crippen LogP contribution in [0.1, 0.15) is 23.7 Å². The van der Waals surface area contributed by atoms with E-state index in [4.69, 9.17) is 14.2 Å². The minimum Gasteiger partial charge on any atom is -0.495 e. The van der Waals surface area contributed by atoms with E-state index in [9.17, 15) is 5.11 Å². The van der Waals surface area contributed by atoms with E-state index in [-0.39, 0.29) is 0 Å². The highest BCUT2D eigenvalue weighted by Gasteiger charge is 2.18. The highest BCUT2D eigenvalue weighted by atomic mass is 16.5. The number of ether oxygens (including phenoxy) is 3. The molecule has 1 aromatic carbocycles. The maximum absolute atomic E-state index is 10.6. The van der Waals surface area contributed by atoms with E-state index in [1.807, 2.05) is 18.2 Å². The quantitative estimate of drug-likeness (QED) is 0.939. The van der Waals surface area contributed by atoms with Crippen molar-refractivity contribution in [2.45, 2.75) is 12.5 Å². The van der Waals surface area contributed by atoms with Crippen LogP contribution in [0.2, 0.25) is 0 Å². The minimum atomic E-state index is -0.805. The van der Waals surface area contributed by atoms with Crippen molar-refractivity contribution >= 4 is 0 Å². The molecule has 0 spiro atoms. The van der Waals surface area contributed by atoms with Crippen LogP contribution in [-0.4, -0.2) is 30.4 Å². The van der Waals surface area contributed by atoms with Gasteiger partial charge in [-0.05, 0) is 23.8 Å². The van der Waals surface area contributed by atoms with Crippen molar-refractivity contribution in [1.29, 1.82) is 0 Å². The monoisotopic (exact) mass is 287 g/mol. The second kappa shape index (κ2) is 6.01. The lowest BCUT2D eigenvalue weighted by molar-refractivity contribution is 0.213. The summed E-state index contributed by atoms with van der Waals surface area (Å²) >= 11 is 0. The van der Waals surface area contributed by atoms with Crippen molar-refractivity contribution in [1.82, 2.24) is 4.98 Å². The first-order chi connectivity index (χ1) is 10.3. The Bertz CT molecular complexity index is 629. The molecule has 1 unspecified atom stereocenters. The third kappa shape index (κ3) is 2.78. The van der Waals surface area contributed by atoms with Crippen LogP contribution in [0.5, 0.6) is 17.2 Å². The smallest absolute Gasteiger partial charge is 0.161 e. The van der Waals surface area contributed by atoms with E-state index in [0.717, 1.165) is 12.0 Å². The van der Waals surface area contributed by atoms with Crippen molar-refractivity contribution in [2.24, 2.45) is 0 Å². The summed E-state index contributed by atoms with van der Waals surface area (Å²) in [5, 5.41) is 10.6. The Labute approximate surface area is 123 Å². The van der Waals surface area contributed by atoms with Crippen LogP contribution in [0.3, 0.4) is 0 Å². The van der Waals surface area contributed by atoms with Crippen molar-refractivity contribution in [2.75, 3.05) is 20.3 Å². The second-order valence-electron chi connectivity index (χ2n) is 4.78. The molecule has 0 amide bonds. The molecule has 5 nitrogen and oxygen atoms in total. The summed E-state index contributed by atoms with van der Waals surface area (Å²) in [6.45, 7) is 1.26. The van der Waals surface area contributed by atoms with E-state index in [0.29, 0.717) is 36.0 Å². The van der Waals surface area contributed by atoms with E-state index >= 15 is 0 Å². The highest BCUT2D eigenvalue weighted by molar-refractivity contribution is 5.47. The van der Waals surface area contributed by atoms with Gasteiger partial charge in [-0.3, -0.25) is 4.98 Å². The van der Waals surface area contributed by atoms with Gasteiger partial charge in [0.2, 0.25) is 0 Å². The molecule has 1 N–H and O–H groups in total. The van der Waals surface area contributed by atoms with E-state index in [1.165, 1.54) is 0 Å². The topological polar surface area (TPSA) is 60.8 Å². The average Bonchev–Trinajstić information content (AvgIpc) is 2.78. The SMILES string of the molecule is COc1cnccc1C(O)c1ccc2c(c1)OCCCO2. The fourth-order valence-corrected chi connectivity index (χ4v) is 2.32. The first-order valence-electron chi connectivity index (χ1n) is 6.85. The molecule has 0 radical (unpaired) electrons. The predicted octanol–water partition coefficient (Wildman–Crippen LogP) is 2.33. The standard InChI is InChI=1S/C16H17NO4/c1-19-15-10-17-6-5-12(15)16(18)11-3-4-13-14(9-11)21-8-2-7-20-13/h3-6,9-10,16,18H,2,7-8H2,1H3. The predicted molar refractivity (Wildman–Crippen MR) is 76.9 cm³/mol. The van der Waals surface area contributed by atoms with Gasteiger partial charge in [-0.15, -0.1) is 0 Å². The number of fused-ring (bicyclic) bond motifs is 1. The molecule has 1 atom stereocenters. The summed E-state index contributed by atoms with van der Waals surface area (Å²) in [5.41, 5.74) is 1.39. The number of benzene rings is 1. The molecule has 1 aliphatic heterocycles. The zero-order valence-electron chi connectivity index (χ0n) is 11.8. The Kier molecular flexibility index (Phi) is 3.92. The maximum atomic E-state index is 10.6. The van der Waals surface area contributed by atoms with Gasteiger partial charge in [0.15, 0.2) is 11.5 Å². The summed E-state index contributed by atoms with van der Waals surface area (Å²) in [7, 11) is 1.56. The number of aliphatic hydroxyl groups excluding tert-OH is 1. The summed E-state index contributed by atoms with van der Waals surface area (Å²) < 4.78 is 16.5. The van der Waals surface area contributed by atoms with Crippen LogP contribution < -0.4 is 14.2 Å². The van der Waals surface area contributed by atoms with Gasteiger partial charge in [0, 0.05) is 18.2 Å². The largest absolute Gasteiger partial charge is 0.495 e. The van der Waals surface area contributed by atoms with Gasteiger partial charge in [-0.25, -0.2) is 0 Å². The van der Waals surface area contributed by atoms with Gasteiger partial charge >= 0.3 is 0 Å². The Morgan fingerprint density at radius 1 is 1.19 bits per heavy atom. The second-order valence-corrected chi connectivity index (χ2v) is 4.78. The van der Waals surface area contributed by atoms with E-state index in [2.05, 4.69) is 4.98 Å². The molecule has 0 saturated carbocycles. The number of hydrogen-bond acceptors (Lipinski definition) is 5. The fourth-order valence-electron chi connectivity index (χ4n) is 2.32. The maximum Gasteiger partial charge on any atom is 0.161 e. The summed E-state index contributed by atoms with van der Waals surface area (Å²) in [4.78, 5) is 3.99. The fraction of sp³-hybridized carbons (Fsp3) is 0.312. The Morgan fingerprint density at radius 2 is 2.00 bits per heavy atom. The van der Waals surface area contributed by atoms with Gasteiger partial charge < -0.3 is 19.3 Å². The van der Waals surface area contributed by atoms with Gasteiger partial charge in [-0.1, -0.05) is 6.07 Å². The lowest BCUT2D eigenvalue weighted by atomic mass is 10.0. The van der Waals surface area contributed by atoms with Gasteiger partial charge in [0.1, 0.15) is 11.9 Å². The molecule has 0 saturated heterocycles. The zero-order valence-corrected chi connectivity index (χ0v) is 11.8. The third-order valence-corrected chi connectivity index (χ3v) is 3.42. The molecule has 2 aromatic rings. The van der Waals surface area contributed by atoms with Gasteiger partial charge in [-0.2, -0.15) is 0 Å². The molecule has 1 aromatic heterocycles. The zero-order chi connectivity index (χ0) is 14.7. The van der Waals surface area contributed by atoms with Gasteiger partial charge in [0.25, 0.3) is 0 Å². The lowest BCUT2D eigenvalue weighted by Gasteiger charge is -2.16. The number of rotatable bonds is 3. The number of methoxy groups -OCH3 is 1. The normalized spacial score (nSPS) is 15.1. The number of hydrogen-bond donors (Lipinski definition) is 1. The molecule has 2 heterocycles. The molecule has 0 bridgehead atoms. The minimum absolute atomic E-state index is 0.553. The van der Waals surface area contributed by atoms with Crippen molar-refractivity contribution in [3.8, 4) is 17.2 Å². The molecule has 21 heavy (non-hydrogen) atoms. The van der Waals surface area contributed by atoms with E-state index in [1.54, 1.807) is 25.6 Å². The number of aromatic nitrogens is 1. The molecule has 1 aliphatic rings.